The van der Waals surface area contributed by atoms with Gasteiger partial charge in [0, 0.05) is 18.6 Å². The van der Waals surface area contributed by atoms with E-state index >= 15 is 0 Å². The van der Waals surface area contributed by atoms with Crippen molar-refractivity contribution in [1.82, 2.24) is 5.32 Å². The summed E-state index contributed by atoms with van der Waals surface area (Å²) in [6.07, 6.45) is 4.62. The lowest BCUT2D eigenvalue weighted by Crippen LogP contribution is -2.49. The second-order valence-corrected chi connectivity index (χ2v) is 8.64. The number of carbonyl (C=O) groups is 2. The molecule has 1 aromatic rings. The second-order valence-electron chi connectivity index (χ2n) is 8.64. The number of quaternary nitrogens is 1. The van der Waals surface area contributed by atoms with Gasteiger partial charge in [0.1, 0.15) is 11.6 Å². The van der Waals surface area contributed by atoms with Gasteiger partial charge in [0.05, 0.1) is 46.8 Å². The van der Waals surface area contributed by atoms with Gasteiger partial charge < -0.3 is 19.6 Å². The molecule has 1 rings (SSSR count). The summed E-state index contributed by atoms with van der Waals surface area (Å²) in [5.74, 6) is -1.99. The summed E-state index contributed by atoms with van der Waals surface area (Å²) in [6, 6.07) is 2.93. The number of carboxylic acid groups (broad SMARTS) is 1. The average molecular weight is 430 g/mol. The van der Waals surface area contributed by atoms with E-state index in [9.17, 15) is 18.4 Å². The summed E-state index contributed by atoms with van der Waals surface area (Å²) in [7, 11) is 5.87. The lowest BCUT2D eigenvalue weighted by atomic mass is 10.1. The number of hydrogen-bond acceptors (Lipinski definition) is 3. The first-order valence-corrected chi connectivity index (χ1v) is 10.4. The summed E-state index contributed by atoms with van der Waals surface area (Å²) in [6.45, 7) is 1.07. The van der Waals surface area contributed by atoms with E-state index in [0.29, 0.717) is 24.1 Å². The number of nitrogens with zero attached hydrogens (tertiary/aromatic N) is 1. The van der Waals surface area contributed by atoms with Crippen LogP contribution in [0.2, 0.25) is 0 Å². The minimum absolute atomic E-state index is 0.0502. The van der Waals surface area contributed by atoms with Crippen LogP contribution in [0.5, 0.6) is 0 Å². The SMILES string of the molecule is C[N+](C)(C)C[C@@H](CC(=O)O)NC(=O)CCCCCCCOCc1cc(F)ccc1F. The zero-order valence-corrected chi connectivity index (χ0v) is 18.3. The van der Waals surface area contributed by atoms with Crippen molar-refractivity contribution in [3.8, 4) is 0 Å². The lowest BCUT2D eigenvalue weighted by molar-refractivity contribution is -0.871. The van der Waals surface area contributed by atoms with Crippen LogP contribution in [-0.4, -0.2) is 61.8 Å². The molecule has 0 aliphatic rings. The predicted octanol–water partition coefficient (Wildman–Crippen LogP) is 3.49. The Labute approximate surface area is 177 Å². The highest BCUT2D eigenvalue weighted by atomic mass is 19.1. The Balaban J connectivity index is 2.11. The monoisotopic (exact) mass is 429 g/mol. The van der Waals surface area contributed by atoms with Crippen LogP contribution in [0, 0.1) is 11.6 Å². The van der Waals surface area contributed by atoms with Crippen LogP contribution >= 0.6 is 0 Å². The molecule has 0 bridgehead atoms. The maximum absolute atomic E-state index is 13.5. The van der Waals surface area contributed by atoms with Crippen LogP contribution in [0.15, 0.2) is 18.2 Å². The van der Waals surface area contributed by atoms with Crippen LogP contribution in [-0.2, 0) is 20.9 Å². The molecule has 0 spiro atoms. The Kier molecular flexibility index (Phi) is 11.5. The maximum Gasteiger partial charge on any atom is 0.305 e. The topological polar surface area (TPSA) is 75.6 Å². The fourth-order valence-electron chi connectivity index (χ4n) is 3.19. The molecule has 0 aliphatic heterocycles. The summed E-state index contributed by atoms with van der Waals surface area (Å²) >= 11 is 0. The molecule has 0 aliphatic carbocycles. The minimum Gasteiger partial charge on any atom is -0.481 e. The molecule has 1 amide bonds. The van der Waals surface area contributed by atoms with Crippen LogP contribution in [0.4, 0.5) is 8.78 Å². The van der Waals surface area contributed by atoms with Crippen LogP contribution in [0.3, 0.4) is 0 Å². The van der Waals surface area contributed by atoms with E-state index in [4.69, 9.17) is 9.84 Å². The Bertz CT molecular complexity index is 678. The molecule has 0 aromatic heterocycles. The average Bonchev–Trinajstić information content (AvgIpc) is 2.61. The fraction of sp³-hybridized carbons (Fsp3) is 0.636. The summed E-state index contributed by atoms with van der Waals surface area (Å²) in [4.78, 5) is 23.1. The van der Waals surface area contributed by atoms with Gasteiger partial charge in [-0.15, -0.1) is 0 Å². The van der Waals surface area contributed by atoms with Gasteiger partial charge in [-0.3, -0.25) is 9.59 Å². The maximum atomic E-state index is 13.5. The van der Waals surface area contributed by atoms with Gasteiger partial charge in [-0.25, -0.2) is 8.78 Å². The van der Waals surface area contributed by atoms with Gasteiger partial charge in [0.2, 0.25) is 5.91 Å². The highest BCUT2D eigenvalue weighted by Gasteiger charge is 2.22. The third-order valence-corrected chi connectivity index (χ3v) is 4.51. The molecule has 0 radical (unpaired) electrons. The van der Waals surface area contributed by atoms with Crippen molar-refractivity contribution < 1.29 is 32.7 Å². The van der Waals surface area contributed by atoms with Crippen molar-refractivity contribution in [2.75, 3.05) is 34.3 Å². The highest BCUT2D eigenvalue weighted by molar-refractivity contribution is 5.77. The van der Waals surface area contributed by atoms with Crippen molar-refractivity contribution in [2.24, 2.45) is 0 Å². The van der Waals surface area contributed by atoms with E-state index in [0.717, 1.165) is 50.3 Å². The zero-order valence-electron chi connectivity index (χ0n) is 18.3. The highest BCUT2D eigenvalue weighted by Crippen LogP contribution is 2.12. The van der Waals surface area contributed by atoms with Crippen molar-refractivity contribution >= 4 is 11.9 Å². The first-order chi connectivity index (χ1) is 14.1. The summed E-state index contributed by atoms with van der Waals surface area (Å²) in [5.41, 5.74) is 0.215. The number of unbranched alkanes of at least 4 members (excludes halogenated alkanes) is 4. The van der Waals surface area contributed by atoms with E-state index in [1.54, 1.807) is 0 Å². The number of rotatable bonds is 15. The molecule has 0 fully saturated rings. The first-order valence-electron chi connectivity index (χ1n) is 10.4. The number of halogens is 2. The third-order valence-electron chi connectivity index (χ3n) is 4.51. The molecule has 1 aromatic carbocycles. The molecule has 1 atom stereocenters. The normalized spacial score (nSPS) is 12.6. The number of carboxylic acids is 1. The number of ether oxygens (including phenoxy) is 1. The van der Waals surface area contributed by atoms with Gasteiger partial charge in [-0.05, 0) is 31.0 Å². The van der Waals surface area contributed by atoms with Crippen molar-refractivity contribution in [2.45, 2.75) is 57.6 Å². The Morgan fingerprint density at radius 3 is 2.43 bits per heavy atom. The molecular weight excluding hydrogens is 394 g/mol. The lowest BCUT2D eigenvalue weighted by Gasteiger charge is -2.29. The zero-order chi connectivity index (χ0) is 22.6. The Morgan fingerprint density at radius 1 is 1.10 bits per heavy atom. The molecule has 0 saturated carbocycles. The van der Waals surface area contributed by atoms with Crippen LogP contribution in [0.25, 0.3) is 0 Å². The van der Waals surface area contributed by atoms with Gasteiger partial charge >= 0.3 is 5.97 Å². The minimum atomic E-state index is -0.920. The van der Waals surface area contributed by atoms with Gasteiger partial charge in [0.15, 0.2) is 0 Å². The van der Waals surface area contributed by atoms with Crippen LogP contribution in [0.1, 0.15) is 50.5 Å². The van der Waals surface area contributed by atoms with Crippen molar-refractivity contribution in [3.05, 3.63) is 35.4 Å². The smallest absolute Gasteiger partial charge is 0.305 e. The van der Waals surface area contributed by atoms with E-state index in [-0.39, 0.29) is 30.5 Å². The molecule has 30 heavy (non-hydrogen) atoms. The number of nitrogens with one attached hydrogen (secondary N) is 1. The number of aliphatic carboxylic acids is 1. The Hall–Kier alpha value is -2.06. The molecular formula is C22H35F2N2O4+. The molecule has 170 valence electrons. The molecule has 0 saturated heterocycles. The second kappa shape index (κ2) is 13.3. The first kappa shape index (κ1) is 26.0. The number of benzene rings is 1. The van der Waals surface area contributed by atoms with E-state index < -0.39 is 17.6 Å². The van der Waals surface area contributed by atoms with E-state index in [2.05, 4.69) is 5.32 Å². The number of hydrogen-bond donors (Lipinski definition) is 2. The third kappa shape index (κ3) is 12.5. The van der Waals surface area contributed by atoms with Crippen LogP contribution < -0.4 is 5.32 Å². The summed E-state index contributed by atoms with van der Waals surface area (Å²) in [5, 5.41) is 11.9. The predicted molar refractivity (Wildman–Crippen MR) is 111 cm³/mol. The molecule has 2 N–H and O–H groups in total. The molecule has 6 nitrogen and oxygen atoms in total. The fourth-order valence-corrected chi connectivity index (χ4v) is 3.19. The standard InChI is InChI=1S/C22H34F2N2O4/c1-26(2,3)15-19(14-22(28)29)25-21(27)9-7-5-4-6-8-12-30-16-17-13-18(23)10-11-20(17)24/h10-11,13,19H,4-9,12,14-16H2,1-3H3,(H-,25,27,28,29)/p+1/t19-/m1/s1. The van der Waals surface area contributed by atoms with Gasteiger partial charge in [0.25, 0.3) is 0 Å². The molecule has 8 heteroatoms. The van der Waals surface area contributed by atoms with Gasteiger partial charge in [-0.1, -0.05) is 19.3 Å². The summed E-state index contributed by atoms with van der Waals surface area (Å²) < 4.78 is 32.5. The number of carbonyl (C=O) groups excluding carboxylic acids is 1. The molecule has 0 unspecified atom stereocenters. The number of likely N-dealkylation sites (N-methyl/N-ethyl adjacent to an activating group) is 1. The van der Waals surface area contributed by atoms with Gasteiger partial charge in [-0.2, -0.15) is 0 Å². The van der Waals surface area contributed by atoms with Crippen molar-refractivity contribution in [1.29, 1.82) is 0 Å². The van der Waals surface area contributed by atoms with Crippen molar-refractivity contribution in [3.63, 3.8) is 0 Å². The molecule has 0 heterocycles. The number of amides is 1. The quantitative estimate of drug-likeness (QED) is 0.331. The Morgan fingerprint density at radius 2 is 1.77 bits per heavy atom. The van der Waals surface area contributed by atoms with E-state index in [1.165, 1.54) is 0 Å². The van der Waals surface area contributed by atoms with E-state index in [1.807, 2.05) is 21.1 Å². The largest absolute Gasteiger partial charge is 0.481 e.